The summed E-state index contributed by atoms with van der Waals surface area (Å²) in [6.45, 7) is 14.9. The molecule has 170 valence electrons. The lowest BCUT2D eigenvalue weighted by Gasteiger charge is -2.36. The van der Waals surface area contributed by atoms with Gasteiger partial charge in [0.05, 0.1) is 0 Å². The minimum atomic E-state index is -0.309. The van der Waals surface area contributed by atoms with Gasteiger partial charge in [-0.1, -0.05) is 48.5 Å². The van der Waals surface area contributed by atoms with Crippen LogP contribution in [0.2, 0.25) is 0 Å². The van der Waals surface area contributed by atoms with E-state index in [1.54, 1.807) is 0 Å². The third kappa shape index (κ3) is 7.88. The second kappa shape index (κ2) is 12.5. The van der Waals surface area contributed by atoms with Crippen LogP contribution in [0.5, 0.6) is 0 Å². The first-order valence-electron chi connectivity index (χ1n) is 11.4. The Morgan fingerprint density at radius 1 is 0.679 bits per heavy atom. The lowest BCUT2D eigenvalue weighted by Crippen LogP contribution is -2.55. The molecular weight excluding hydrogens is 348 g/mol. The molecule has 0 fully saturated rings. The fourth-order valence-corrected chi connectivity index (χ4v) is 4.19. The summed E-state index contributed by atoms with van der Waals surface area (Å²) in [6, 6.07) is 0.115. The van der Waals surface area contributed by atoms with Crippen LogP contribution in [-0.2, 0) is 0 Å². The number of hydrogen-bond acceptors (Lipinski definition) is 6. The zero-order valence-corrected chi connectivity index (χ0v) is 19.7. The van der Waals surface area contributed by atoms with Gasteiger partial charge >= 0.3 is 0 Å². The molecule has 0 radical (unpaired) electrons. The van der Waals surface area contributed by atoms with E-state index in [9.17, 15) is 0 Å². The van der Waals surface area contributed by atoms with Gasteiger partial charge in [0.2, 0.25) is 0 Å². The van der Waals surface area contributed by atoms with Crippen molar-refractivity contribution in [1.82, 2.24) is 0 Å². The SMILES string of the molecule is CCC(N)(CC)[C@H](N)CCC(N)C(C)C(N)C(C)CC(N)C(C)C(N)C(C)C. The van der Waals surface area contributed by atoms with E-state index in [1.807, 2.05) is 0 Å². The maximum absolute atomic E-state index is 6.57. The van der Waals surface area contributed by atoms with Crippen molar-refractivity contribution < 1.29 is 0 Å². The van der Waals surface area contributed by atoms with Gasteiger partial charge in [0.15, 0.2) is 0 Å². The molecule has 0 aromatic rings. The molecule has 0 aromatic carbocycles. The van der Waals surface area contributed by atoms with Crippen molar-refractivity contribution in [2.75, 3.05) is 0 Å². The molecule has 0 saturated carbocycles. The van der Waals surface area contributed by atoms with Gasteiger partial charge in [-0.25, -0.2) is 0 Å². The normalized spacial score (nSPS) is 21.6. The highest BCUT2D eigenvalue weighted by molar-refractivity contribution is 4.94. The van der Waals surface area contributed by atoms with Gasteiger partial charge in [-0.2, -0.15) is 0 Å². The molecule has 6 heteroatoms. The highest BCUT2D eigenvalue weighted by atomic mass is 14.9. The molecule has 8 atom stereocenters. The van der Waals surface area contributed by atoms with Crippen molar-refractivity contribution in [3.05, 3.63) is 0 Å². The first-order valence-corrected chi connectivity index (χ1v) is 11.4. The van der Waals surface area contributed by atoms with E-state index >= 15 is 0 Å². The van der Waals surface area contributed by atoms with E-state index in [0.717, 1.165) is 32.1 Å². The summed E-state index contributed by atoms with van der Waals surface area (Å²) in [7, 11) is 0. The average molecular weight is 401 g/mol. The van der Waals surface area contributed by atoms with E-state index in [2.05, 4.69) is 48.5 Å². The Morgan fingerprint density at radius 2 is 1.14 bits per heavy atom. The van der Waals surface area contributed by atoms with E-state index < -0.39 is 0 Å². The third-order valence-electron chi connectivity index (χ3n) is 7.50. The molecule has 0 aliphatic carbocycles. The summed E-state index contributed by atoms with van der Waals surface area (Å²) in [5.41, 5.74) is 38.3. The summed E-state index contributed by atoms with van der Waals surface area (Å²) in [5, 5.41) is 0. The largest absolute Gasteiger partial charge is 0.327 e. The topological polar surface area (TPSA) is 156 Å². The van der Waals surface area contributed by atoms with Crippen molar-refractivity contribution in [2.45, 2.75) is 116 Å². The van der Waals surface area contributed by atoms with Crippen molar-refractivity contribution in [2.24, 2.45) is 58.1 Å². The first kappa shape index (κ1) is 27.8. The Labute approximate surface area is 174 Å². The van der Waals surface area contributed by atoms with Crippen molar-refractivity contribution in [1.29, 1.82) is 0 Å². The van der Waals surface area contributed by atoms with Crippen LogP contribution in [0, 0.1) is 23.7 Å². The van der Waals surface area contributed by atoms with Gasteiger partial charge in [0.1, 0.15) is 0 Å². The van der Waals surface area contributed by atoms with Crippen molar-refractivity contribution >= 4 is 0 Å². The Balaban J connectivity index is 4.67. The third-order valence-corrected chi connectivity index (χ3v) is 7.50. The highest BCUT2D eigenvalue weighted by Gasteiger charge is 2.32. The number of rotatable bonds is 14. The quantitative estimate of drug-likeness (QED) is 0.261. The summed E-state index contributed by atoms with van der Waals surface area (Å²) in [6.07, 6.45) is 4.27. The zero-order chi connectivity index (χ0) is 22.2. The predicted molar refractivity (Wildman–Crippen MR) is 124 cm³/mol. The van der Waals surface area contributed by atoms with E-state index in [-0.39, 0.29) is 53.5 Å². The van der Waals surface area contributed by atoms with Crippen molar-refractivity contribution in [3.8, 4) is 0 Å². The Kier molecular flexibility index (Phi) is 12.3. The second-order valence-electron chi connectivity index (χ2n) is 9.78. The molecule has 0 amide bonds. The van der Waals surface area contributed by atoms with Gasteiger partial charge in [-0.15, -0.1) is 0 Å². The molecule has 0 aliphatic rings. The minimum Gasteiger partial charge on any atom is -0.327 e. The van der Waals surface area contributed by atoms with E-state index in [4.69, 9.17) is 34.4 Å². The monoisotopic (exact) mass is 400 g/mol. The summed E-state index contributed by atoms with van der Waals surface area (Å²) in [4.78, 5) is 0. The molecule has 6 nitrogen and oxygen atoms in total. The summed E-state index contributed by atoms with van der Waals surface area (Å²) < 4.78 is 0. The molecule has 0 heterocycles. The van der Waals surface area contributed by atoms with Crippen LogP contribution in [0.25, 0.3) is 0 Å². The fourth-order valence-electron chi connectivity index (χ4n) is 4.19. The number of hydrogen-bond donors (Lipinski definition) is 6. The first-order chi connectivity index (χ1) is 12.8. The predicted octanol–water partition coefficient (Wildman–Crippen LogP) is 1.88. The lowest BCUT2D eigenvalue weighted by atomic mass is 9.77. The smallest absolute Gasteiger partial charge is 0.0302 e. The van der Waals surface area contributed by atoms with Crippen LogP contribution >= 0.6 is 0 Å². The number of nitrogens with two attached hydrogens (primary N) is 6. The van der Waals surface area contributed by atoms with Gasteiger partial charge in [0, 0.05) is 35.7 Å². The average Bonchev–Trinajstić information content (AvgIpc) is 2.68. The molecule has 0 aromatic heterocycles. The Morgan fingerprint density at radius 3 is 1.57 bits per heavy atom. The zero-order valence-electron chi connectivity index (χ0n) is 19.7. The molecule has 0 spiro atoms. The molecule has 12 N–H and O–H groups in total. The fraction of sp³-hybridized carbons (Fsp3) is 1.00. The van der Waals surface area contributed by atoms with Crippen LogP contribution in [0.1, 0.15) is 80.6 Å². The van der Waals surface area contributed by atoms with E-state index in [1.165, 1.54) is 0 Å². The van der Waals surface area contributed by atoms with Gasteiger partial charge in [0.25, 0.3) is 0 Å². The maximum atomic E-state index is 6.57. The standard InChI is InChI=1S/C22H52N6/c1-8-22(28,9-2)19(25)11-10-17(23)15(6)21(27)14(5)12-18(24)16(7)20(26)13(3)4/h13-21H,8-12,23-28H2,1-7H3/t14?,15?,16?,17?,18?,19-,20?,21?/m1/s1. The lowest BCUT2D eigenvalue weighted by molar-refractivity contribution is 0.228. The van der Waals surface area contributed by atoms with Crippen LogP contribution in [0.3, 0.4) is 0 Å². The molecular formula is C22H52N6. The van der Waals surface area contributed by atoms with Gasteiger partial charge in [-0.3, -0.25) is 0 Å². The Hall–Kier alpha value is -0.240. The summed E-state index contributed by atoms with van der Waals surface area (Å²) >= 11 is 0. The molecule has 0 rings (SSSR count). The Bertz CT molecular complexity index is 412. The molecule has 28 heavy (non-hydrogen) atoms. The van der Waals surface area contributed by atoms with Gasteiger partial charge in [-0.05, 0) is 55.8 Å². The molecule has 0 bridgehead atoms. The van der Waals surface area contributed by atoms with Crippen LogP contribution in [0.15, 0.2) is 0 Å². The van der Waals surface area contributed by atoms with Crippen molar-refractivity contribution in [3.63, 3.8) is 0 Å². The van der Waals surface area contributed by atoms with Crippen LogP contribution < -0.4 is 34.4 Å². The van der Waals surface area contributed by atoms with Crippen LogP contribution in [0.4, 0.5) is 0 Å². The molecule has 0 saturated heterocycles. The highest BCUT2D eigenvalue weighted by Crippen LogP contribution is 2.25. The molecule has 7 unspecified atom stereocenters. The van der Waals surface area contributed by atoms with Crippen LogP contribution in [-0.4, -0.2) is 35.7 Å². The molecule has 0 aliphatic heterocycles. The summed E-state index contributed by atoms with van der Waals surface area (Å²) in [5.74, 6) is 1.16. The second-order valence-corrected chi connectivity index (χ2v) is 9.78. The van der Waals surface area contributed by atoms with E-state index in [0.29, 0.717) is 5.92 Å². The van der Waals surface area contributed by atoms with Gasteiger partial charge < -0.3 is 34.4 Å². The minimum absolute atomic E-state index is 0.000247. The maximum Gasteiger partial charge on any atom is 0.0302 e.